The quantitative estimate of drug-likeness (QED) is 0.320. The minimum atomic E-state index is -0.417. The van der Waals surface area contributed by atoms with E-state index in [1.807, 2.05) is 37.3 Å². The zero-order valence-electron chi connectivity index (χ0n) is 20.0. The molecule has 0 aromatic heterocycles. The van der Waals surface area contributed by atoms with Gasteiger partial charge in [-0.15, -0.1) is 0 Å². The second-order valence-corrected chi connectivity index (χ2v) is 9.38. The summed E-state index contributed by atoms with van der Waals surface area (Å²) in [5, 5.41) is 14.4. The molecule has 7 nitrogen and oxygen atoms in total. The molecule has 1 amide bonds. The number of carbonyl (C=O) groups excluding carboxylic acids is 1. The van der Waals surface area contributed by atoms with Gasteiger partial charge in [0.15, 0.2) is 0 Å². The number of halogens is 2. The first-order valence-electron chi connectivity index (χ1n) is 11.7. The van der Waals surface area contributed by atoms with Crippen molar-refractivity contribution < 1.29 is 14.6 Å². The standard InChI is InChI=1S/C27H28Cl2N4O3/c1-19-16-24(8-2-21(19)18-30-31-27(35)20-3-9-26(34)25(29)17-20)36-15-14-32-10-12-33(13-11-32)23-6-4-22(28)5-7-23/h2-9,16-18,34H,10-15H2,1H3,(H,31,35)/b30-18-. The van der Waals surface area contributed by atoms with Gasteiger partial charge in [-0.2, -0.15) is 5.10 Å². The Morgan fingerprint density at radius 2 is 1.81 bits per heavy atom. The maximum absolute atomic E-state index is 12.2. The molecule has 3 aromatic rings. The zero-order chi connectivity index (χ0) is 25.5. The highest BCUT2D eigenvalue weighted by Gasteiger charge is 2.17. The lowest BCUT2D eigenvalue weighted by Crippen LogP contribution is -2.47. The fourth-order valence-electron chi connectivity index (χ4n) is 3.93. The summed E-state index contributed by atoms with van der Waals surface area (Å²) >= 11 is 11.8. The van der Waals surface area contributed by atoms with Crippen LogP contribution < -0.4 is 15.1 Å². The van der Waals surface area contributed by atoms with E-state index in [4.69, 9.17) is 27.9 Å². The molecular formula is C27H28Cl2N4O3. The van der Waals surface area contributed by atoms with Gasteiger partial charge in [-0.1, -0.05) is 23.2 Å². The number of rotatable bonds is 8. The Morgan fingerprint density at radius 3 is 2.50 bits per heavy atom. The van der Waals surface area contributed by atoms with E-state index in [1.165, 1.54) is 23.9 Å². The van der Waals surface area contributed by atoms with Crippen molar-refractivity contribution in [2.24, 2.45) is 5.10 Å². The van der Waals surface area contributed by atoms with Gasteiger partial charge in [0.05, 0.1) is 11.2 Å². The number of aryl methyl sites for hydroxylation is 1. The number of phenols is 1. The van der Waals surface area contributed by atoms with Gasteiger partial charge in [0.25, 0.3) is 5.91 Å². The summed E-state index contributed by atoms with van der Waals surface area (Å²) < 4.78 is 5.97. The number of nitrogens with one attached hydrogen (secondary N) is 1. The van der Waals surface area contributed by atoms with E-state index in [0.29, 0.717) is 12.2 Å². The SMILES string of the molecule is Cc1cc(OCCN2CCN(c3ccc(Cl)cc3)CC2)ccc1/C=N\NC(=O)c1ccc(O)c(Cl)c1. The fraction of sp³-hybridized carbons (Fsp3) is 0.259. The van der Waals surface area contributed by atoms with E-state index >= 15 is 0 Å². The van der Waals surface area contributed by atoms with E-state index in [2.05, 4.69) is 32.5 Å². The number of piperazine rings is 1. The molecule has 1 fully saturated rings. The molecule has 188 valence electrons. The predicted octanol–water partition coefficient (Wildman–Crippen LogP) is 4.97. The second kappa shape index (κ2) is 12.1. The van der Waals surface area contributed by atoms with Crippen molar-refractivity contribution in [1.82, 2.24) is 10.3 Å². The Kier molecular flexibility index (Phi) is 8.70. The topological polar surface area (TPSA) is 77.4 Å². The molecule has 0 unspecified atom stereocenters. The lowest BCUT2D eigenvalue weighted by Gasteiger charge is -2.36. The smallest absolute Gasteiger partial charge is 0.271 e. The van der Waals surface area contributed by atoms with Crippen molar-refractivity contribution in [1.29, 1.82) is 0 Å². The summed E-state index contributed by atoms with van der Waals surface area (Å²) in [6.07, 6.45) is 1.58. The first-order chi connectivity index (χ1) is 17.4. The molecule has 0 bridgehead atoms. The number of phenolic OH excluding ortho intramolecular Hbond substituents is 1. The third-order valence-corrected chi connectivity index (χ3v) is 6.62. The van der Waals surface area contributed by atoms with Crippen molar-refractivity contribution in [3.8, 4) is 11.5 Å². The van der Waals surface area contributed by atoms with Gasteiger partial charge >= 0.3 is 0 Å². The number of amides is 1. The van der Waals surface area contributed by atoms with Crippen molar-refractivity contribution in [2.75, 3.05) is 44.2 Å². The average Bonchev–Trinajstić information content (AvgIpc) is 2.88. The van der Waals surface area contributed by atoms with Crippen LogP contribution in [0.1, 0.15) is 21.5 Å². The van der Waals surface area contributed by atoms with Crippen LogP contribution in [0.4, 0.5) is 5.69 Å². The Balaban J connectivity index is 1.21. The summed E-state index contributed by atoms with van der Waals surface area (Å²) in [4.78, 5) is 17.0. The van der Waals surface area contributed by atoms with Crippen LogP contribution in [0.15, 0.2) is 65.8 Å². The summed E-state index contributed by atoms with van der Waals surface area (Å²) in [7, 11) is 0. The van der Waals surface area contributed by atoms with Crippen molar-refractivity contribution in [3.63, 3.8) is 0 Å². The second-order valence-electron chi connectivity index (χ2n) is 8.54. The maximum atomic E-state index is 12.2. The van der Waals surface area contributed by atoms with Gasteiger partial charge in [-0.3, -0.25) is 9.69 Å². The highest BCUT2D eigenvalue weighted by atomic mass is 35.5. The minimum Gasteiger partial charge on any atom is -0.506 e. The van der Waals surface area contributed by atoms with Gasteiger partial charge in [-0.05, 0) is 78.7 Å². The Morgan fingerprint density at radius 1 is 1.06 bits per heavy atom. The predicted molar refractivity (Wildman–Crippen MR) is 145 cm³/mol. The molecule has 0 aliphatic carbocycles. The first-order valence-corrected chi connectivity index (χ1v) is 12.4. The molecule has 4 rings (SSSR count). The van der Waals surface area contributed by atoms with Crippen LogP contribution >= 0.6 is 23.2 Å². The van der Waals surface area contributed by atoms with Crippen molar-refractivity contribution >= 4 is 41.0 Å². The molecule has 2 N–H and O–H groups in total. The molecule has 0 atom stereocenters. The van der Waals surface area contributed by atoms with Gasteiger partial charge in [-0.25, -0.2) is 5.43 Å². The van der Waals surface area contributed by atoms with Gasteiger partial charge < -0.3 is 14.7 Å². The Labute approximate surface area is 220 Å². The van der Waals surface area contributed by atoms with E-state index in [9.17, 15) is 9.90 Å². The highest BCUT2D eigenvalue weighted by molar-refractivity contribution is 6.32. The van der Waals surface area contributed by atoms with E-state index in [-0.39, 0.29) is 10.8 Å². The largest absolute Gasteiger partial charge is 0.506 e. The number of carbonyl (C=O) groups is 1. The number of nitrogens with zero attached hydrogens (tertiary/aromatic N) is 3. The summed E-state index contributed by atoms with van der Waals surface area (Å²) in [6, 6.07) is 18.0. The van der Waals surface area contributed by atoms with Crippen LogP contribution in [0.3, 0.4) is 0 Å². The third kappa shape index (κ3) is 6.91. The summed E-state index contributed by atoms with van der Waals surface area (Å²) in [5.41, 5.74) is 5.83. The number of hydrogen-bond donors (Lipinski definition) is 2. The molecule has 1 saturated heterocycles. The number of hydrogen-bond acceptors (Lipinski definition) is 6. The fourth-order valence-corrected chi connectivity index (χ4v) is 4.24. The lowest BCUT2D eigenvalue weighted by atomic mass is 10.1. The molecule has 1 aliphatic heterocycles. The molecule has 1 heterocycles. The van der Waals surface area contributed by atoms with E-state index < -0.39 is 5.91 Å². The summed E-state index contributed by atoms with van der Waals surface area (Å²) in [5.74, 6) is 0.304. The molecule has 0 radical (unpaired) electrons. The Hall–Kier alpha value is -3.26. The van der Waals surface area contributed by atoms with Crippen LogP contribution in [-0.4, -0.2) is 61.5 Å². The van der Waals surface area contributed by atoms with Crippen LogP contribution in [0.2, 0.25) is 10.0 Å². The summed E-state index contributed by atoms with van der Waals surface area (Å²) in [6.45, 7) is 7.37. The first kappa shape index (κ1) is 25.8. The van der Waals surface area contributed by atoms with Crippen molar-refractivity contribution in [2.45, 2.75) is 6.92 Å². The molecule has 1 aliphatic rings. The number of ether oxygens (including phenoxy) is 1. The molecular weight excluding hydrogens is 499 g/mol. The molecule has 0 spiro atoms. The number of benzene rings is 3. The maximum Gasteiger partial charge on any atom is 0.271 e. The normalized spacial score (nSPS) is 14.2. The van der Waals surface area contributed by atoms with Crippen LogP contribution in [0.5, 0.6) is 11.5 Å². The molecule has 36 heavy (non-hydrogen) atoms. The highest BCUT2D eigenvalue weighted by Crippen LogP contribution is 2.23. The Bertz CT molecular complexity index is 1230. The lowest BCUT2D eigenvalue weighted by molar-refractivity contribution is 0.0955. The van der Waals surface area contributed by atoms with Crippen molar-refractivity contribution in [3.05, 3.63) is 87.4 Å². The number of aromatic hydroxyl groups is 1. The van der Waals surface area contributed by atoms with Gasteiger partial charge in [0, 0.05) is 49.0 Å². The van der Waals surface area contributed by atoms with Gasteiger partial charge in [0.2, 0.25) is 0 Å². The number of hydrazone groups is 1. The molecule has 9 heteroatoms. The third-order valence-electron chi connectivity index (χ3n) is 6.06. The minimum absolute atomic E-state index is 0.0774. The number of anilines is 1. The average molecular weight is 527 g/mol. The van der Waals surface area contributed by atoms with Crippen LogP contribution in [-0.2, 0) is 0 Å². The molecule has 3 aromatic carbocycles. The van der Waals surface area contributed by atoms with E-state index in [0.717, 1.165) is 54.6 Å². The zero-order valence-corrected chi connectivity index (χ0v) is 21.5. The van der Waals surface area contributed by atoms with Crippen LogP contribution in [0.25, 0.3) is 0 Å². The van der Waals surface area contributed by atoms with Crippen LogP contribution in [0, 0.1) is 6.92 Å². The van der Waals surface area contributed by atoms with Gasteiger partial charge in [0.1, 0.15) is 18.1 Å². The van der Waals surface area contributed by atoms with E-state index in [1.54, 1.807) is 6.21 Å². The molecule has 0 saturated carbocycles. The monoisotopic (exact) mass is 526 g/mol.